The van der Waals surface area contributed by atoms with E-state index in [9.17, 15) is 13.2 Å². The highest BCUT2D eigenvalue weighted by Gasteiger charge is 2.31. The van der Waals surface area contributed by atoms with E-state index in [0.29, 0.717) is 0 Å². The Hall–Kier alpha value is -2.05. The van der Waals surface area contributed by atoms with Gasteiger partial charge in [0, 0.05) is 26.2 Å². The van der Waals surface area contributed by atoms with Gasteiger partial charge < -0.3 is 10.1 Å². The second kappa shape index (κ2) is 7.45. The summed E-state index contributed by atoms with van der Waals surface area (Å²) in [5, 5.41) is 3.34. The van der Waals surface area contributed by atoms with E-state index in [2.05, 4.69) is 34.0 Å². The summed E-state index contributed by atoms with van der Waals surface area (Å²) in [4.78, 5) is 2.36. The molecule has 0 radical (unpaired) electrons. The molecule has 2 aromatic carbocycles. The quantitative estimate of drug-likeness (QED) is 0.905. The normalized spacial score (nSPS) is 17.3. The Kier molecular flexibility index (Phi) is 5.30. The first kappa shape index (κ1) is 17.8. The lowest BCUT2D eigenvalue weighted by Gasteiger charge is -2.36. The summed E-state index contributed by atoms with van der Waals surface area (Å²) in [6, 6.07) is 14.4. The van der Waals surface area contributed by atoms with Gasteiger partial charge in [0.15, 0.2) is 0 Å². The molecular formula is C19H21F3N2O. The Morgan fingerprint density at radius 1 is 1.00 bits per heavy atom. The topological polar surface area (TPSA) is 24.5 Å². The Morgan fingerprint density at radius 2 is 1.64 bits per heavy atom. The van der Waals surface area contributed by atoms with Crippen LogP contribution in [0.4, 0.5) is 13.2 Å². The van der Waals surface area contributed by atoms with Gasteiger partial charge in [0.25, 0.3) is 0 Å². The number of nitrogens with one attached hydrogen (secondary N) is 1. The van der Waals surface area contributed by atoms with Gasteiger partial charge >= 0.3 is 6.36 Å². The van der Waals surface area contributed by atoms with Gasteiger partial charge in [0.1, 0.15) is 5.75 Å². The molecule has 1 aliphatic rings. The zero-order valence-corrected chi connectivity index (χ0v) is 14.0. The number of alkyl halides is 3. The van der Waals surface area contributed by atoms with Crippen LogP contribution in [-0.4, -0.2) is 37.4 Å². The maximum absolute atomic E-state index is 12.4. The van der Waals surface area contributed by atoms with E-state index >= 15 is 0 Å². The van der Waals surface area contributed by atoms with Crippen molar-refractivity contribution in [3.05, 3.63) is 65.2 Å². The van der Waals surface area contributed by atoms with Crippen LogP contribution in [0, 0.1) is 6.92 Å². The maximum atomic E-state index is 12.4. The second-order valence-corrected chi connectivity index (χ2v) is 6.16. The molecule has 3 rings (SSSR count). The molecule has 0 aliphatic carbocycles. The molecule has 0 spiro atoms. The smallest absolute Gasteiger partial charge is 0.406 e. The number of aryl methyl sites for hydroxylation is 1. The van der Waals surface area contributed by atoms with Crippen LogP contribution >= 0.6 is 0 Å². The molecule has 1 fully saturated rings. The van der Waals surface area contributed by atoms with Gasteiger partial charge in [-0.3, -0.25) is 4.90 Å². The lowest BCUT2D eigenvalue weighted by atomic mass is 9.93. The number of hydrogen-bond acceptors (Lipinski definition) is 3. The molecule has 1 aliphatic heterocycles. The van der Waals surface area contributed by atoms with E-state index in [1.165, 1.54) is 23.3 Å². The third kappa shape index (κ3) is 4.52. The number of ether oxygens (including phenoxy) is 1. The fraction of sp³-hybridized carbons (Fsp3) is 0.368. The zero-order chi connectivity index (χ0) is 17.9. The molecule has 6 heteroatoms. The first-order valence-corrected chi connectivity index (χ1v) is 8.30. The van der Waals surface area contributed by atoms with Crippen molar-refractivity contribution < 1.29 is 17.9 Å². The fourth-order valence-corrected chi connectivity index (χ4v) is 3.27. The Morgan fingerprint density at radius 3 is 2.24 bits per heavy atom. The van der Waals surface area contributed by atoms with E-state index in [1.807, 2.05) is 12.1 Å². The van der Waals surface area contributed by atoms with Gasteiger partial charge in [-0.25, -0.2) is 0 Å². The monoisotopic (exact) mass is 350 g/mol. The fourth-order valence-electron chi connectivity index (χ4n) is 3.27. The van der Waals surface area contributed by atoms with Crippen molar-refractivity contribution in [1.82, 2.24) is 10.2 Å². The predicted octanol–water partition coefficient (Wildman–Crippen LogP) is 3.89. The van der Waals surface area contributed by atoms with E-state index in [4.69, 9.17) is 0 Å². The van der Waals surface area contributed by atoms with E-state index in [-0.39, 0.29) is 11.8 Å². The highest BCUT2D eigenvalue weighted by Crippen LogP contribution is 2.32. The van der Waals surface area contributed by atoms with Crippen LogP contribution in [0.3, 0.4) is 0 Å². The van der Waals surface area contributed by atoms with E-state index in [0.717, 1.165) is 31.7 Å². The Balaban J connectivity index is 1.93. The molecule has 25 heavy (non-hydrogen) atoms. The molecule has 2 aromatic rings. The van der Waals surface area contributed by atoms with Gasteiger partial charge in [-0.05, 0) is 35.7 Å². The first-order valence-electron chi connectivity index (χ1n) is 8.30. The van der Waals surface area contributed by atoms with Gasteiger partial charge in [0.05, 0.1) is 6.04 Å². The minimum absolute atomic E-state index is 0.0169. The van der Waals surface area contributed by atoms with Crippen molar-refractivity contribution in [2.45, 2.75) is 19.3 Å². The SMILES string of the molecule is Cc1ccccc1[C@@H](c1ccc(OC(F)(F)F)cc1)N1CCNCC1. The Labute approximate surface area is 145 Å². The van der Waals surface area contributed by atoms with Gasteiger partial charge in [-0.1, -0.05) is 36.4 Å². The lowest BCUT2D eigenvalue weighted by Crippen LogP contribution is -2.45. The summed E-state index contributed by atoms with van der Waals surface area (Å²) < 4.78 is 41.1. The Bertz CT molecular complexity index is 695. The summed E-state index contributed by atoms with van der Waals surface area (Å²) in [6.07, 6.45) is -4.67. The number of piperazine rings is 1. The highest BCUT2D eigenvalue weighted by atomic mass is 19.4. The zero-order valence-electron chi connectivity index (χ0n) is 14.0. The number of nitrogens with zero attached hydrogens (tertiary/aromatic N) is 1. The van der Waals surface area contributed by atoms with Crippen molar-refractivity contribution in [2.24, 2.45) is 0 Å². The predicted molar refractivity (Wildman–Crippen MR) is 90.6 cm³/mol. The molecule has 3 nitrogen and oxygen atoms in total. The summed E-state index contributed by atoms with van der Waals surface area (Å²) in [5.74, 6) is -0.194. The van der Waals surface area contributed by atoms with Gasteiger partial charge in [-0.15, -0.1) is 13.2 Å². The van der Waals surface area contributed by atoms with Crippen molar-refractivity contribution in [2.75, 3.05) is 26.2 Å². The minimum Gasteiger partial charge on any atom is -0.406 e. The molecule has 134 valence electrons. The molecule has 0 amide bonds. The molecule has 1 atom stereocenters. The molecule has 0 aromatic heterocycles. The number of rotatable bonds is 4. The van der Waals surface area contributed by atoms with Crippen LogP contribution in [-0.2, 0) is 0 Å². The van der Waals surface area contributed by atoms with Crippen LogP contribution in [0.5, 0.6) is 5.75 Å². The molecule has 0 unspecified atom stereocenters. The number of hydrogen-bond donors (Lipinski definition) is 1. The highest BCUT2D eigenvalue weighted by molar-refractivity contribution is 5.39. The molecule has 1 saturated heterocycles. The summed E-state index contributed by atoms with van der Waals surface area (Å²) in [7, 11) is 0. The summed E-state index contributed by atoms with van der Waals surface area (Å²) >= 11 is 0. The summed E-state index contributed by atoms with van der Waals surface area (Å²) in [6.45, 7) is 5.64. The van der Waals surface area contributed by atoms with E-state index < -0.39 is 6.36 Å². The molecule has 1 N–H and O–H groups in total. The second-order valence-electron chi connectivity index (χ2n) is 6.16. The minimum atomic E-state index is -4.67. The van der Waals surface area contributed by atoms with Crippen LogP contribution in [0.25, 0.3) is 0 Å². The van der Waals surface area contributed by atoms with Crippen molar-refractivity contribution >= 4 is 0 Å². The largest absolute Gasteiger partial charge is 0.573 e. The van der Waals surface area contributed by atoms with E-state index in [1.54, 1.807) is 12.1 Å². The average molecular weight is 350 g/mol. The maximum Gasteiger partial charge on any atom is 0.573 e. The van der Waals surface area contributed by atoms with Gasteiger partial charge in [0.2, 0.25) is 0 Å². The standard InChI is InChI=1S/C19H21F3N2O/c1-14-4-2-3-5-17(14)18(24-12-10-23-11-13-24)15-6-8-16(9-7-15)25-19(20,21)22/h2-9,18,23H,10-13H2,1H3/t18-/m1/s1. The van der Waals surface area contributed by atoms with Gasteiger partial charge in [-0.2, -0.15) is 0 Å². The number of halogens is 3. The third-order valence-electron chi connectivity index (χ3n) is 4.43. The van der Waals surface area contributed by atoms with Crippen molar-refractivity contribution in [3.8, 4) is 5.75 Å². The van der Waals surface area contributed by atoms with Crippen LogP contribution < -0.4 is 10.1 Å². The average Bonchev–Trinajstić information content (AvgIpc) is 2.58. The molecule has 0 saturated carbocycles. The third-order valence-corrected chi connectivity index (χ3v) is 4.43. The number of benzene rings is 2. The first-order chi connectivity index (χ1) is 11.9. The molecular weight excluding hydrogens is 329 g/mol. The van der Waals surface area contributed by atoms with Crippen LogP contribution in [0.1, 0.15) is 22.7 Å². The lowest BCUT2D eigenvalue weighted by molar-refractivity contribution is -0.274. The van der Waals surface area contributed by atoms with Crippen molar-refractivity contribution in [1.29, 1.82) is 0 Å². The molecule has 0 bridgehead atoms. The van der Waals surface area contributed by atoms with Crippen LogP contribution in [0.2, 0.25) is 0 Å². The van der Waals surface area contributed by atoms with Crippen LogP contribution in [0.15, 0.2) is 48.5 Å². The van der Waals surface area contributed by atoms with Crippen molar-refractivity contribution in [3.63, 3.8) is 0 Å². The molecule has 1 heterocycles. The summed E-state index contributed by atoms with van der Waals surface area (Å²) in [5.41, 5.74) is 3.31.